The first-order valence-corrected chi connectivity index (χ1v) is 5.76. The van der Waals surface area contributed by atoms with E-state index in [9.17, 15) is 9.90 Å². The molecule has 1 unspecified atom stereocenters. The Morgan fingerprint density at radius 3 is 2.94 bits per heavy atom. The lowest BCUT2D eigenvalue weighted by molar-refractivity contribution is -0.148. The highest BCUT2D eigenvalue weighted by Crippen LogP contribution is 2.32. The number of aromatic nitrogens is 2. The molecule has 0 aromatic carbocycles. The fourth-order valence-electron chi connectivity index (χ4n) is 2.24. The molecule has 1 aromatic heterocycles. The molecule has 1 aliphatic rings. The number of nitrogens with zero attached hydrogens (tertiary/aromatic N) is 4. The van der Waals surface area contributed by atoms with Crippen LogP contribution in [-0.2, 0) is 4.79 Å². The molecule has 0 aliphatic carbocycles. The van der Waals surface area contributed by atoms with E-state index in [4.69, 9.17) is 5.26 Å². The molecular formula is C12H14N4O2. The minimum Gasteiger partial charge on any atom is -0.481 e. The lowest BCUT2D eigenvalue weighted by atomic mass is 9.82. The van der Waals surface area contributed by atoms with E-state index >= 15 is 0 Å². The van der Waals surface area contributed by atoms with E-state index in [-0.39, 0.29) is 5.69 Å². The number of aliphatic carboxylic acids is 1. The predicted octanol–water partition coefficient (Wildman–Crippen LogP) is 1.04. The average Bonchev–Trinajstić information content (AvgIpc) is 2.38. The van der Waals surface area contributed by atoms with Gasteiger partial charge >= 0.3 is 5.97 Å². The topological polar surface area (TPSA) is 90.1 Å². The van der Waals surface area contributed by atoms with E-state index in [1.165, 1.54) is 12.4 Å². The van der Waals surface area contributed by atoms with Crippen LogP contribution in [0.2, 0.25) is 0 Å². The van der Waals surface area contributed by atoms with Crippen LogP contribution in [0.3, 0.4) is 0 Å². The Kier molecular flexibility index (Phi) is 3.15. The van der Waals surface area contributed by atoms with Crippen molar-refractivity contribution in [1.29, 1.82) is 5.26 Å². The van der Waals surface area contributed by atoms with Crippen molar-refractivity contribution in [3.8, 4) is 6.07 Å². The molecule has 0 bridgehead atoms. The largest absolute Gasteiger partial charge is 0.481 e. The van der Waals surface area contributed by atoms with Gasteiger partial charge in [-0.15, -0.1) is 0 Å². The summed E-state index contributed by atoms with van der Waals surface area (Å²) in [7, 11) is 0. The van der Waals surface area contributed by atoms with Crippen LogP contribution in [0.4, 0.5) is 5.82 Å². The van der Waals surface area contributed by atoms with Gasteiger partial charge in [0.2, 0.25) is 0 Å². The maximum atomic E-state index is 11.3. The van der Waals surface area contributed by atoms with Gasteiger partial charge in [0.05, 0.1) is 5.41 Å². The van der Waals surface area contributed by atoms with Gasteiger partial charge in [0.1, 0.15) is 6.07 Å². The first-order valence-electron chi connectivity index (χ1n) is 5.76. The zero-order valence-electron chi connectivity index (χ0n) is 10.1. The van der Waals surface area contributed by atoms with Crippen LogP contribution >= 0.6 is 0 Å². The van der Waals surface area contributed by atoms with E-state index in [2.05, 4.69) is 9.97 Å². The predicted molar refractivity (Wildman–Crippen MR) is 63.9 cm³/mol. The number of hydrogen-bond donors (Lipinski definition) is 1. The van der Waals surface area contributed by atoms with Crippen molar-refractivity contribution in [3.63, 3.8) is 0 Å². The summed E-state index contributed by atoms with van der Waals surface area (Å²) in [5.74, 6) is -0.332. The summed E-state index contributed by atoms with van der Waals surface area (Å²) < 4.78 is 0. The van der Waals surface area contributed by atoms with Crippen LogP contribution in [0.15, 0.2) is 12.4 Å². The maximum Gasteiger partial charge on any atom is 0.311 e. The average molecular weight is 246 g/mol. The highest BCUT2D eigenvalue weighted by atomic mass is 16.4. The Bertz CT molecular complexity index is 511. The van der Waals surface area contributed by atoms with Gasteiger partial charge in [0, 0.05) is 25.5 Å². The van der Waals surface area contributed by atoms with Crippen LogP contribution in [-0.4, -0.2) is 34.1 Å². The standard InChI is InChI=1S/C12H14N4O2/c1-12(11(17)18)3-2-6-16(8-12)10-9(7-13)14-4-5-15-10/h4-5H,2-3,6,8H2,1H3,(H,17,18). The van der Waals surface area contributed by atoms with Gasteiger partial charge in [-0.1, -0.05) is 0 Å². The van der Waals surface area contributed by atoms with Crippen molar-refractivity contribution >= 4 is 11.8 Å². The van der Waals surface area contributed by atoms with Crippen LogP contribution in [0.1, 0.15) is 25.5 Å². The molecule has 0 spiro atoms. The Morgan fingerprint density at radius 1 is 1.56 bits per heavy atom. The molecule has 6 heteroatoms. The zero-order chi connectivity index (χ0) is 13.2. The number of carboxylic acids is 1. The number of carboxylic acid groups (broad SMARTS) is 1. The first-order chi connectivity index (χ1) is 8.57. The molecule has 1 aromatic rings. The summed E-state index contributed by atoms with van der Waals surface area (Å²) in [5, 5.41) is 18.3. The van der Waals surface area contributed by atoms with Gasteiger partial charge in [-0.2, -0.15) is 5.26 Å². The summed E-state index contributed by atoms with van der Waals surface area (Å²) in [6, 6.07) is 1.99. The molecule has 2 heterocycles. The van der Waals surface area contributed by atoms with E-state index in [1.807, 2.05) is 11.0 Å². The second-order valence-corrected chi connectivity index (χ2v) is 4.73. The Balaban J connectivity index is 2.29. The molecule has 2 rings (SSSR count). The maximum absolute atomic E-state index is 11.3. The van der Waals surface area contributed by atoms with Gasteiger partial charge in [-0.3, -0.25) is 4.79 Å². The Labute approximate surface area is 105 Å². The van der Waals surface area contributed by atoms with Crippen LogP contribution in [0, 0.1) is 16.7 Å². The van der Waals surface area contributed by atoms with Gasteiger partial charge in [-0.25, -0.2) is 9.97 Å². The zero-order valence-corrected chi connectivity index (χ0v) is 10.1. The third-order valence-corrected chi connectivity index (χ3v) is 3.30. The molecule has 94 valence electrons. The Hall–Kier alpha value is -2.16. The fourth-order valence-corrected chi connectivity index (χ4v) is 2.24. The number of hydrogen-bond acceptors (Lipinski definition) is 5. The second kappa shape index (κ2) is 4.61. The van der Waals surface area contributed by atoms with E-state index in [1.54, 1.807) is 6.92 Å². The molecule has 1 saturated heterocycles. The smallest absolute Gasteiger partial charge is 0.311 e. The van der Waals surface area contributed by atoms with Crippen molar-refractivity contribution in [1.82, 2.24) is 9.97 Å². The highest BCUT2D eigenvalue weighted by Gasteiger charge is 2.38. The van der Waals surface area contributed by atoms with E-state index in [0.717, 1.165) is 6.42 Å². The third kappa shape index (κ3) is 2.12. The summed E-state index contributed by atoms with van der Waals surface area (Å²) >= 11 is 0. The lowest BCUT2D eigenvalue weighted by Gasteiger charge is -2.38. The minimum absolute atomic E-state index is 0.243. The molecule has 1 N–H and O–H groups in total. The first kappa shape index (κ1) is 12.3. The lowest BCUT2D eigenvalue weighted by Crippen LogP contribution is -2.46. The Morgan fingerprint density at radius 2 is 2.28 bits per heavy atom. The quantitative estimate of drug-likeness (QED) is 0.838. The fraction of sp³-hybridized carbons (Fsp3) is 0.500. The SMILES string of the molecule is CC1(C(=O)O)CCCN(c2nccnc2C#N)C1. The van der Waals surface area contributed by atoms with Gasteiger partial charge < -0.3 is 10.0 Å². The van der Waals surface area contributed by atoms with Crippen molar-refractivity contribution in [3.05, 3.63) is 18.1 Å². The summed E-state index contributed by atoms with van der Waals surface area (Å²) in [6.07, 6.45) is 4.39. The van der Waals surface area contributed by atoms with Crippen molar-refractivity contribution in [2.24, 2.45) is 5.41 Å². The molecule has 1 aliphatic heterocycles. The van der Waals surface area contributed by atoms with Gasteiger partial charge in [-0.05, 0) is 19.8 Å². The summed E-state index contributed by atoms with van der Waals surface area (Å²) in [5.41, 5.74) is -0.546. The molecular weight excluding hydrogens is 232 g/mol. The van der Waals surface area contributed by atoms with Gasteiger partial charge in [0.15, 0.2) is 11.5 Å². The van der Waals surface area contributed by atoms with Crippen molar-refractivity contribution < 1.29 is 9.90 Å². The number of carbonyl (C=O) groups is 1. The normalized spacial score (nSPS) is 23.4. The molecule has 0 radical (unpaired) electrons. The second-order valence-electron chi connectivity index (χ2n) is 4.73. The van der Waals surface area contributed by atoms with Gasteiger partial charge in [0.25, 0.3) is 0 Å². The highest BCUT2D eigenvalue weighted by molar-refractivity contribution is 5.75. The summed E-state index contributed by atoms with van der Waals surface area (Å²) in [6.45, 7) is 2.79. The minimum atomic E-state index is -0.811. The monoisotopic (exact) mass is 246 g/mol. The van der Waals surface area contributed by atoms with Crippen molar-refractivity contribution in [2.45, 2.75) is 19.8 Å². The van der Waals surface area contributed by atoms with Crippen LogP contribution in [0.25, 0.3) is 0 Å². The number of nitriles is 1. The molecule has 1 atom stereocenters. The number of piperidine rings is 1. The third-order valence-electron chi connectivity index (χ3n) is 3.30. The summed E-state index contributed by atoms with van der Waals surface area (Å²) in [4.78, 5) is 21.2. The molecule has 6 nitrogen and oxygen atoms in total. The number of anilines is 1. The van der Waals surface area contributed by atoms with E-state index in [0.29, 0.717) is 25.3 Å². The molecule has 0 saturated carbocycles. The molecule has 0 amide bonds. The molecule has 1 fully saturated rings. The van der Waals surface area contributed by atoms with Crippen LogP contribution < -0.4 is 4.90 Å². The van der Waals surface area contributed by atoms with Crippen LogP contribution in [0.5, 0.6) is 0 Å². The molecule has 18 heavy (non-hydrogen) atoms. The van der Waals surface area contributed by atoms with Crippen molar-refractivity contribution in [2.75, 3.05) is 18.0 Å². The van der Waals surface area contributed by atoms with E-state index < -0.39 is 11.4 Å². The number of rotatable bonds is 2.